The highest BCUT2D eigenvalue weighted by molar-refractivity contribution is 6.12. The van der Waals surface area contributed by atoms with E-state index in [4.69, 9.17) is 11.5 Å². The van der Waals surface area contributed by atoms with Crippen LogP contribution in [0.15, 0.2) is 12.2 Å². The minimum Gasteiger partial charge on any atom is -0.352 e. The third kappa shape index (κ3) is 12.1. The molecule has 12 nitrogen and oxygen atoms in total. The average Bonchev–Trinajstić information content (AvgIpc) is 3.11. The summed E-state index contributed by atoms with van der Waals surface area (Å²) >= 11 is 0. The largest absolute Gasteiger partial charge is 0.352 e. The lowest BCUT2D eigenvalue weighted by atomic mass is 10.0. The molecule has 0 aromatic heterocycles. The van der Waals surface area contributed by atoms with Gasteiger partial charge in [0, 0.05) is 31.7 Å². The van der Waals surface area contributed by atoms with Gasteiger partial charge in [0.15, 0.2) is 5.78 Å². The maximum absolute atomic E-state index is 12.8. The lowest BCUT2D eigenvalue weighted by Gasteiger charge is -2.22. The van der Waals surface area contributed by atoms with Crippen LogP contribution in [-0.2, 0) is 24.0 Å². The minimum atomic E-state index is -0.800. The first-order valence-electron chi connectivity index (χ1n) is 12.0. The van der Waals surface area contributed by atoms with Gasteiger partial charge in [0.25, 0.3) is 11.8 Å². The number of Topliss-reactive ketones (excluding diaryl/α,β-unsaturated/α-hetero) is 1. The van der Waals surface area contributed by atoms with Gasteiger partial charge in [-0.3, -0.25) is 28.9 Å². The maximum atomic E-state index is 12.8. The highest BCUT2D eigenvalue weighted by Crippen LogP contribution is 2.09. The second-order valence-electron chi connectivity index (χ2n) is 8.48. The van der Waals surface area contributed by atoms with Gasteiger partial charge in [0.05, 0.1) is 6.04 Å². The maximum Gasteiger partial charge on any atom is 0.312 e. The summed E-state index contributed by atoms with van der Waals surface area (Å²) < 4.78 is 0. The van der Waals surface area contributed by atoms with E-state index < -0.39 is 24.0 Å². The number of rotatable bonds is 18. The van der Waals surface area contributed by atoms with Gasteiger partial charge in [-0.1, -0.05) is 6.42 Å². The van der Waals surface area contributed by atoms with Crippen molar-refractivity contribution in [3.05, 3.63) is 12.2 Å². The van der Waals surface area contributed by atoms with E-state index in [1.165, 1.54) is 19.1 Å². The molecule has 0 aromatic carbocycles. The van der Waals surface area contributed by atoms with Gasteiger partial charge in [0.1, 0.15) is 6.04 Å². The molecule has 0 spiro atoms. The summed E-state index contributed by atoms with van der Waals surface area (Å²) in [5.74, 6) is -1.62. The van der Waals surface area contributed by atoms with Crippen molar-refractivity contribution in [2.75, 3.05) is 19.6 Å². The van der Waals surface area contributed by atoms with Crippen molar-refractivity contribution in [1.29, 1.82) is 0 Å². The number of carbonyl (C=O) groups is 6. The van der Waals surface area contributed by atoms with Crippen molar-refractivity contribution in [1.82, 2.24) is 20.9 Å². The molecule has 1 aliphatic heterocycles. The lowest BCUT2D eigenvalue weighted by molar-refractivity contribution is -0.137. The van der Waals surface area contributed by atoms with Gasteiger partial charge in [0.2, 0.25) is 11.8 Å². The Balaban J connectivity index is 2.50. The van der Waals surface area contributed by atoms with Crippen LogP contribution in [0, 0.1) is 0 Å². The van der Waals surface area contributed by atoms with Gasteiger partial charge in [-0.15, -0.1) is 0 Å². The first kappa shape index (κ1) is 29.8. The molecule has 1 unspecified atom stereocenters. The fraction of sp³-hybridized carbons (Fsp3) is 0.652. The number of urea groups is 1. The molecule has 1 heterocycles. The standard InChI is InChI=1S/C23H38N6O6/c1-16(30)17(9-7-14-26-23(25)35)28-22(34)18(8-4-5-13-24)27-19(31)10-3-2-6-15-29-20(32)11-12-21(29)33/h11-12,17-18H,2-10,13-15,24H2,1H3,(H,27,31)(H,28,34)(H3,25,26,35)/t17-,18?/m0/s1. The molecule has 1 aliphatic rings. The Labute approximate surface area is 205 Å². The van der Waals surface area contributed by atoms with E-state index in [2.05, 4.69) is 16.0 Å². The van der Waals surface area contributed by atoms with Crippen LogP contribution in [0.5, 0.6) is 0 Å². The molecule has 7 N–H and O–H groups in total. The first-order valence-corrected chi connectivity index (χ1v) is 12.0. The number of imide groups is 1. The number of amides is 6. The van der Waals surface area contributed by atoms with E-state index in [-0.39, 0.29) is 36.5 Å². The number of unbranched alkanes of at least 4 members (excludes halogenated alkanes) is 3. The van der Waals surface area contributed by atoms with Crippen LogP contribution in [0.2, 0.25) is 0 Å². The predicted molar refractivity (Wildman–Crippen MR) is 129 cm³/mol. The van der Waals surface area contributed by atoms with Crippen LogP contribution in [0.3, 0.4) is 0 Å². The molecular formula is C23H38N6O6. The molecule has 0 aliphatic carbocycles. The monoisotopic (exact) mass is 494 g/mol. The molecule has 0 saturated heterocycles. The highest BCUT2D eigenvalue weighted by Gasteiger charge is 2.25. The number of nitrogens with zero attached hydrogens (tertiary/aromatic N) is 1. The molecule has 0 bridgehead atoms. The van der Waals surface area contributed by atoms with Gasteiger partial charge in [-0.05, 0) is 58.4 Å². The molecule has 0 saturated carbocycles. The second-order valence-corrected chi connectivity index (χ2v) is 8.48. The molecular weight excluding hydrogens is 456 g/mol. The third-order valence-corrected chi connectivity index (χ3v) is 5.56. The summed E-state index contributed by atoms with van der Waals surface area (Å²) in [5.41, 5.74) is 10.6. The Morgan fingerprint density at radius 1 is 0.886 bits per heavy atom. The van der Waals surface area contributed by atoms with E-state index >= 15 is 0 Å². The Kier molecular flexibility index (Phi) is 13.9. The van der Waals surface area contributed by atoms with Crippen LogP contribution < -0.4 is 27.4 Å². The quantitative estimate of drug-likeness (QED) is 0.126. The number of nitrogens with two attached hydrogens (primary N) is 2. The van der Waals surface area contributed by atoms with Gasteiger partial charge < -0.3 is 27.4 Å². The highest BCUT2D eigenvalue weighted by atomic mass is 16.2. The Bertz CT molecular complexity index is 781. The van der Waals surface area contributed by atoms with Crippen LogP contribution in [-0.4, -0.2) is 72.1 Å². The van der Waals surface area contributed by atoms with Crippen molar-refractivity contribution in [2.24, 2.45) is 11.5 Å². The zero-order valence-corrected chi connectivity index (χ0v) is 20.3. The molecule has 12 heteroatoms. The van der Waals surface area contributed by atoms with Crippen LogP contribution in [0.25, 0.3) is 0 Å². The molecule has 35 heavy (non-hydrogen) atoms. The van der Waals surface area contributed by atoms with E-state index in [0.717, 1.165) is 4.90 Å². The number of hydrogen-bond acceptors (Lipinski definition) is 7. The van der Waals surface area contributed by atoms with E-state index in [9.17, 15) is 28.8 Å². The first-order chi connectivity index (χ1) is 16.6. The van der Waals surface area contributed by atoms with Crippen molar-refractivity contribution in [3.8, 4) is 0 Å². The Morgan fingerprint density at radius 3 is 2.14 bits per heavy atom. The molecule has 0 aromatic rings. The van der Waals surface area contributed by atoms with Crippen LogP contribution in [0.1, 0.15) is 64.7 Å². The van der Waals surface area contributed by atoms with Crippen molar-refractivity contribution in [2.45, 2.75) is 76.8 Å². The van der Waals surface area contributed by atoms with E-state index in [1.54, 1.807) is 0 Å². The molecule has 1 rings (SSSR count). The zero-order valence-electron chi connectivity index (χ0n) is 20.3. The van der Waals surface area contributed by atoms with E-state index in [1.807, 2.05) is 0 Å². The van der Waals surface area contributed by atoms with Crippen molar-refractivity contribution < 1.29 is 28.8 Å². The number of carbonyl (C=O) groups excluding carboxylic acids is 6. The summed E-state index contributed by atoms with van der Waals surface area (Å²) in [6.45, 7) is 2.41. The van der Waals surface area contributed by atoms with Gasteiger partial charge in [-0.2, -0.15) is 0 Å². The lowest BCUT2D eigenvalue weighted by Crippen LogP contribution is -2.51. The Hall–Kier alpha value is -3.28. The van der Waals surface area contributed by atoms with Crippen LogP contribution >= 0.6 is 0 Å². The smallest absolute Gasteiger partial charge is 0.312 e. The number of primary amides is 1. The molecule has 2 atom stereocenters. The summed E-state index contributed by atoms with van der Waals surface area (Å²) in [7, 11) is 0. The predicted octanol–water partition coefficient (Wildman–Crippen LogP) is -0.392. The normalized spacial score (nSPS) is 14.5. The molecule has 196 valence electrons. The summed E-state index contributed by atoms with van der Waals surface area (Å²) in [6, 6.07) is -2.20. The fourth-order valence-electron chi connectivity index (χ4n) is 3.58. The van der Waals surface area contributed by atoms with Crippen molar-refractivity contribution >= 4 is 35.4 Å². The summed E-state index contributed by atoms with van der Waals surface area (Å²) in [4.78, 5) is 72.2. The number of ketones is 1. The Morgan fingerprint density at radius 2 is 1.54 bits per heavy atom. The zero-order chi connectivity index (χ0) is 26.2. The number of nitrogens with one attached hydrogen (secondary N) is 3. The van der Waals surface area contributed by atoms with Crippen molar-refractivity contribution in [3.63, 3.8) is 0 Å². The summed E-state index contributed by atoms with van der Waals surface area (Å²) in [6.07, 6.45) is 6.90. The van der Waals surface area contributed by atoms with Crippen LogP contribution in [0.4, 0.5) is 4.79 Å². The van der Waals surface area contributed by atoms with Gasteiger partial charge >= 0.3 is 6.03 Å². The minimum absolute atomic E-state index is 0.190. The molecule has 0 fully saturated rings. The van der Waals surface area contributed by atoms with E-state index in [0.29, 0.717) is 64.5 Å². The SMILES string of the molecule is CC(=O)[C@H](CCCNC(N)=O)NC(=O)C(CCCCN)NC(=O)CCCCCN1C(=O)C=CC1=O. The molecule has 0 radical (unpaired) electrons. The average molecular weight is 495 g/mol. The topological polar surface area (TPSA) is 194 Å². The van der Waals surface area contributed by atoms with Gasteiger partial charge in [-0.25, -0.2) is 4.79 Å². The summed E-state index contributed by atoms with van der Waals surface area (Å²) in [5, 5.41) is 7.87. The third-order valence-electron chi connectivity index (χ3n) is 5.56. The molecule has 6 amide bonds. The second kappa shape index (κ2) is 16.4. The number of hydrogen-bond donors (Lipinski definition) is 5. The fourth-order valence-corrected chi connectivity index (χ4v) is 3.58.